The molecule has 13 heavy (non-hydrogen) atoms. The molecule has 1 aliphatic carbocycles. The van der Waals surface area contributed by atoms with E-state index in [1.54, 1.807) is 6.92 Å². The Morgan fingerprint density at radius 1 is 1.38 bits per heavy atom. The smallest absolute Gasteiger partial charge is 0.270 e. The molecule has 0 spiro atoms. The third-order valence-electron chi connectivity index (χ3n) is 3.29. The minimum atomic E-state index is -3.40. The van der Waals surface area contributed by atoms with Crippen molar-refractivity contribution in [2.45, 2.75) is 37.7 Å². The summed E-state index contributed by atoms with van der Waals surface area (Å²) in [5.41, 5.74) is 0. The number of rotatable bonds is 0. The molecule has 2 rings (SSSR count). The van der Waals surface area contributed by atoms with Crippen molar-refractivity contribution >= 4 is 10.1 Å². The van der Waals surface area contributed by atoms with Gasteiger partial charge in [-0.2, -0.15) is 8.42 Å². The van der Waals surface area contributed by atoms with Crippen LogP contribution < -0.4 is 0 Å². The Balaban J connectivity index is 2.30. The van der Waals surface area contributed by atoms with Gasteiger partial charge in [-0.25, -0.2) is 0 Å². The van der Waals surface area contributed by atoms with Gasteiger partial charge in [0.15, 0.2) is 0 Å². The van der Waals surface area contributed by atoms with Crippen LogP contribution in [0.5, 0.6) is 0 Å². The zero-order chi connectivity index (χ0) is 9.80. The van der Waals surface area contributed by atoms with E-state index >= 15 is 0 Å². The molecule has 0 radical (unpaired) electrons. The lowest BCUT2D eigenvalue weighted by Gasteiger charge is -2.13. The highest BCUT2D eigenvalue weighted by molar-refractivity contribution is 7.87. The lowest BCUT2D eigenvalue weighted by atomic mass is 10.0. The second-order valence-corrected chi connectivity index (χ2v) is 6.05. The highest BCUT2D eigenvalue weighted by Gasteiger charge is 2.54. The quantitative estimate of drug-likeness (QED) is 0.572. The summed E-state index contributed by atoms with van der Waals surface area (Å²) in [6.45, 7) is 3.58. The summed E-state index contributed by atoms with van der Waals surface area (Å²) in [5.74, 6) is 0.128. The highest BCUT2D eigenvalue weighted by Crippen LogP contribution is 2.43. The highest BCUT2D eigenvalue weighted by atomic mass is 32.2. The zero-order valence-electron chi connectivity index (χ0n) is 7.67. The van der Waals surface area contributed by atoms with Crippen LogP contribution in [-0.4, -0.2) is 31.0 Å². The van der Waals surface area contributed by atoms with Crippen LogP contribution in [0.25, 0.3) is 0 Å². The first-order valence-electron chi connectivity index (χ1n) is 4.53. The fraction of sp³-hybridized carbons (Fsp3) is 1.00. The number of hydrogen-bond donors (Lipinski definition) is 1. The summed E-state index contributed by atoms with van der Waals surface area (Å²) in [5, 5.41) is 9.17. The van der Waals surface area contributed by atoms with E-state index in [0.717, 1.165) is 6.42 Å². The maximum absolute atomic E-state index is 11.3. The van der Waals surface area contributed by atoms with Gasteiger partial charge in [0.05, 0.1) is 11.4 Å². The van der Waals surface area contributed by atoms with E-state index in [0.29, 0.717) is 0 Å². The lowest BCUT2D eigenvalue weighted by Crippen LogP contribution is -2.26. The third-order valence-corrected chi connectivity index (χ3v) is 5.04. The van der Waals surface area contributed by atoms with E-state index in [9.17, 15) is 13.5 Å². The van der Waals surface area contributed by atoms with Crippen molar-refractivity contribution in [1.29, 1.82) is 0 Å². The molecule has 76 valence electrons. The van der Waals surface area contributed by atoms with E-state index in [2.05, 4.69) is 0 Å². The fourth-order valence-corrected chi connectivity index (χ4v) is 3.76. The first kappa shape index (κ1) is 9.43. The van der Waals surface area contributed by atoms with E-state index in [4.69, 9.17) is 4.18 Å². The van der Waals surface area contributed by atoms with Crippen molar-refractivity contribution in [3.05, 3.63) is 0 Å². The summed E-state index contributed by atoms with van der Waals surface area (Å²) in [7, 11) is -3.40. The number of fused-ring (bicyclic) bond motifs is 1. The predicted octanol–water partition coefficient (Wildman–Crippen LogP) is 0.120. The van der Waals surface area contributed by atoms with Crippen molar-refractivity contribution in [1.82, 2.24) is 0 Å². The summed E-state index contributed by atoms with van der Waals surface area (Å²) >= 11 is 0. The summed E-state index contributed by atoms with van der Waals surface area (Å²) < 4.78 is 27.5. The van der Waals surface area contributed by atoms with E-state index in [1.807, 2.05) is 6.92 Å². The average Bonchev–Trinajstić information content (AvgIpc) is 2.41. The molecule has 0 bridgehead atoms. The van der Waals surface area contributed by atoms with Crippen LogP contribution in [0.2, 0.25) is 0 Å². The second-order valence-electron chi connectivity index (χ2n) is 4.13. The van der Waals surface area contributed by atoms with Crippen molar-refractivity contribution in [3.63, 3.8) is 0 Å². The maximum Gasteiger partial charge on any atom is 0.270 e. The molecule has 1 aliphatic heterocycles. The van der Waals surface area contributed by atoms with Gasteiger partial charge in [0.2, 0.25) is 0 Å². The first-order valence-corrected chi connectivity index (χ1v) is 6.01. The Morgan fingerprint density at radius 2 is 2.00 bits per heavy atom. The summed E-state index contributed by atoms with van der Waals surface area (Å²) in [6.07, 6.45) is -0.369. The monoisotopic (exact) mass is 206 g/mol. The van der Waals surface area contributed by atoms with Gasteiger partial charge in [0, 0.05) is 5.92 Å². The summed E-state index contributed by atoms with van der Waals surface area (Å²) in [6, 6.07) is 0. The molecule has 1 heterocycles. The Kier molecular flexibility index (Phi) is 1.94. The van der Waals surface area contributed by atoms with Gasteiger partial charge in [-0.3, -0.25) is 4.18 Å². The molecule has 0 amide bonds. The van der Waals surface area contributed by atoms with Gasteiger partial charge in [-0.15, -0.1) is 0 Å². The Labute approximate surface area is 78.0 Å². The third kappa shape index (κ3) is 1.21. The molecule has 0 aromatic rings. The predicted molar refractivity (Wildman–Crippen MR) is 46.5 cm³/mol. The summed E-state index contributed by atoms with van der Waals surface area (Å²) in [4.78, 5) is 0. The molecule has 2 aliphatic rings. The van der Waals surface area contributed by atoms with Crippen LogP contribution in [0.1, 0.15) is 20.3 Å². The first-order chi connectivity index (χ1) is 5.93. The molecule has 2 fully saturated rings. The lowest BCUT2D eigenvalue weighted by molar-refractivity contribution is 0.0408. The van der Waals surface area contributed by atoms with E-state index < -0.39 is 27.6 Å². The van der Waals surface area contributed by atoms with E-state index in [1.165, 1.54) is 0 Å². The minimum Gasteiger partial charge on any atom is -0.390 e. The van der Waals surface area contributed by atoms with Gasteiger partial charge >= 0.3 is 0 Å². The molecule has 1 saturated heterocycles. The number of hydrogen-bond acceptors (Lipinski definition) is 4. The van der Waals surface area contributed by atoms with Crippen molar-refractivity contribution in [3.8, 4) is 0 Å². The largest absolute Gasteiger partial charge is 0.390 e. The van der Waals surface area contributed by atoms with Crippen LogP contribution >= 0.6 is 0 Å². The van der Waals surface area contributed by atoms with Gasteiger partial charge in [-0.05, 0) is 19.3 Å². The SMILES string of the molecule is CC1CC2C(OS(=O)(=O)C2C)C1O. The van der Waals surface area contributed by atoms with Gasteiger partial charge < -0.3 is 5.11 Å². The Hall–Kier alpha value is -0.130. The molecule has 1 N–H and O–H groups in total. The van der Waals surface area contributed by atoms with Crippen LogP contribution in [0.4, 0.5) is 0 Å². The fourth-order valence-electron chi connectivity index (χ4n) is 2.32. The average molecular weight is 206 g/mol. The zero-order valence-corrected chi connectivity index (χ0v) is 8.49. The molecule has 0 aromatic carbocycles. The van der Waals surface area contributed by atoms with Crippen LogP contribution in [-0.2, 0) is 14.3 Å². The van der Waals surface area contributed by atoms with Crippen molar-refractivity contribution in [2.75, 3.05) is 0 Å². The molecular weight excluding hydrogens is 192 g/mol. The normalized spacial score (nSPS) is 53.6. The number of aliphatic hydroxyl groups is 1. The standard InChI is InChI=1S/C8H14O4S/c1-4-3-6-5(2)13(10,11)12-8(6)7(4)9/h4-9H,3H2,1-2H3. The van der Waals surface area contributed by atoms with Crippen molar-refractivity contribution in [2.24, 2.45) is 11.8 Å². The van der Waals surface area contributed by atoms with Crippen LogP contribution in [0, 0.1) is 11.8 Å². The maximum atomic E-state index is 11.3. The molecule has 5 atom stereocenters. The van der Waals surface area contributed by atoms with Crippen molar-refractivity contribution < 1.29 is 17.7 Å². The molecular formula is C8H14O4S. The molecule has 5 unspecified atom stereocenters. The topological polar surface area (TPSA) is 63.6 Å². The molecule has 0 aromatic heterocycles. The number of aliphatic hydroxyl groups excluding tert-OH is 1. The van der Waals surface area contributed by atoms with Crippen LogP contribution in [0.3, 0.4) is 0 Å². The minimum absolute atomic E-state index is 0.0185. The molecule has 1 saturated carbocycles. The Morgan fingerprint density at radius 3 is 2.54 bits per heavy atom. The molecule has 5 heteroatoms. The van der Waals surface area contributed by atoms with Crippen LogP contribution in [0.15, 0.2) is 0 Å². The molecule has 4 nitrogen and oxygen atoms in total. The van der Waals surface area contributed by atoms with Gasteiger partial charge in [0.1, 0.15) is 6.10 Å². The Bertz CT molecular complexity index is 310. The van der Waals surface area contributed by atoms with Gasteiger partial charge in [-0.1, -0.05) is 6.92 Å². The van der Waals surface area contributed by atoms with Gasteiger partial charge in [0.25, 0.3) is 10.1 Å². The van der Waals surface area contributed by atoms with E-state index in [-0.39, 0.29) is 11.8 Å². The second kappa shape index (κ2) is 2.68.